The fraction of sp³-hybridized carbons (Fsp3) is 0.455. The molecule has 5 nitrogen and oxygen atoms in total. The first-order valence-corrected chi connectivity index (χ1v) is 9.69. The Morgan fingerprint density at radius 3 is 2.61 bits per heavy atom. The van der Waals surface area contributed by atoms with E-state index in [1.54, 1.807) is 19.2 Å². The van der Waals surface area contributed by atoms with E-state index in [1.165, 1.54) is 12.1 Å². The number of piperidine rings is 1. The van der Waals surface area contributed by atoms with E-state index in [9.17, 15) is 14.6 Å². The normalized spacial score (nSPS) is 22.4. The highest BCUT2D eigenvalue weighted by atomic mass is 19.1. The number of nitrogens with zero attached hydrogens (tertiary/aromatic N) is 1. The van der Waals surface area contributed by atoms with E-state index in [0.29, 0.717) is 24.3 Å². The van der Waals surface area contributed by atoms with Crippen LogP contribution in [-0.2, 0) is 0 Å². The Morgan fingerprint density at radius 2 is 1.93 bits per heavy atom. The third kappa shape index (κ3) is 3.85. The molecule has 1 spiro atoms. The topological polar surface area (TPSA) is 62.2 Å². The molecule has 0 aliphatic carbocycles. The zero-order valence-electron chi connectivity index (χ0n) is 16.0. The lowest BCUT2D eigenvalue weighted by atomic mass is 9.81. The summed E-state index contributed by atoms with van der Waals surface area (Å²) in [7, 11) is 1.61. The summed E-state index contributed by atoms with van der Waals surface area (Å²) in [5.74, 6) is 1.13. The van der Waals surface area contributed by atoms with E-state index in [1.807, 2.05) is 18.2 Å². The van der Waals surface area contributed by atoms with Crippen molar-refractivity contribution in [3.8, 4) is 11.5 Å². The number of β-amino-alcohol motifs (C(OH)–C–C–N with tert-alkyl or cyclic N) is 1. The standard InChI is InChI=1S/C22H26FNO4/c1-27-17-6-7-21-18(12-17)19(25)13-22(28-21)8-10-24(11-9-22)14-20(26)15-2-4-16(23)5-3-15/h2-7,12,19-20,25-26H,8-11,13-14H2,1H3/t19-,20+/m0/s1. The van der Waals surface area contributed by atoms with Crippen molar-refractivity contribution in [2.24, 2.45) is 0 Å². The van der Waals surface area contributed by atoms with Gasteiger partial charge in [0.15, 0.2) is 0 Å². The van der Waals surface area contributed by atoms with E-state index in [2.05, 4.69) is 4.90 Å². The molecular weight excluding hydrogens is 361 g/mol. The van der Waals surface area contributed by atoms with Crippen molar-refractivity contribution in [2.75, 3.05) is 26.7 Å². The number of rotatable bonds is 4. The lowest BCUT2D eigenvalue weighted by Gasteiger charge is -2.46. The minimum atomic E-state index is -0.652. The Labute approximate surface area is 164 Å². The third-order valence-electron chi connectivity index (χ3n) is 5.92. The molecule has 0 bridgehead atoms. The largest absolute Gasteiger partial charge is 0.497 e. The molecule has 2 aliphatic rings. The van der Waals surface area contributed by atoms with Crippen molar-refractivity contribution < 1.29 is 24.1 Å². The Bertz CT molecular complexity index is 818. The van der Waals surface area contributed by atoms with Gasteiger partial charge in [-0.2, -0.15) is 0 Å². The predicted octanol–water partition coefficient (Wildman–Crippen LogP) is 3.22. The minimum absolute atomic E-state index is 0.304. The fourth-order valence-corrected chi connectivity index (χ4v) is 4.23. The summed E-state index contributed by atoms with van der Waals surface area (Å²) < 4.78 is 24.6. The van der Waals surface area contributed by atoms with Crippen molar-refractivity contribution in [2.45, 2.75) is 37.1 Å². The molecule has 0 radical (unpaired) electrons. The number of methoxy groups -OCH3 is 1. The summed E-state index contributed by atoms with van der Waals surface area (Å²) in [5.41, 5.74) is 1.12. The molecule has 0 amide bonds. The van der Waals surface area contributed by atoms with Crippen LogP contribution in [0.3, 0.4) is 0 Å². The zero-order valence-corrected chi connectivity index (χ0v) is 16.0. The van der Waals surface area contributed by atoms with Crippen LogP contribution in [0.25, 0.3) is 0 Å². The lowest BCUT2D eigenvalue weighted by Crippen LogP contribution is -2.51. The molecule has 2 heterocycles. The SMILES string of the molecule is COc1ccc2c(c1)[C@@H](O)CC1(CCN(C[C@@H](O)c3ccc(F)cc3)CC1)O2. The van der Waals surface area contributed by atoms with Gasteiger partial charge in [0, 0.05) is 31.6 Å². The van der Waals surface area contributed by atoms with Crippen molar-refractivity contribution in [1.29, 1.82) is 0 Å². The maximum absolute atomic E-state index is 13.1. The van der Waals surface area contributed by atoms with Crippen LogP contribution in [0.5, 0.6) is 11.5 Å². The van der Waals surface area contributed by atoms with E-state index in [4.69, 9.17) is 9.47 Å². The van der Waals surface area contributed by atoms with E-state index >= 15 is 0 Å². The number of ether oxygens (including phenoxy) is 2. The fourth-order valence-electron chi connectivity index (χ4n) is 4.23. The molecule has 2 aromatic rings. The van der Waals surface area contributed by atoms with Crippen LogP contribution in [0.4, 0.5) is 4.39 Å². The van der Waals surface area contributed by atoms with Gasteiger partial charge in [0.25, 0.3) is 0 Å². The second kappa shape index (κ2) is 7.70. The second-order valence-corrected chi connectivity index (χ2v) is 7.78. The van der Waals surface area contributed by atoms with Crippen molar-refractivity contribution in [3.63, 3.8) is 0 Å². The summed E-state index contributed by atoms with van der Waals surface area (Å²) in [6, 6.07) is 11.5. The number of halogens is 1. The van der Waals surface area contributed by atoms with E-state index < -0.39 is 12.2 Å². The predicted molar refractivity (Wildman–Crippen MR) is 103 cm³/mol. The Morgan fingerprint density at radius 1 is 1.21 bits per heavy atom. The van der Waals surface area contributed by atoms with Gasteiger partial charge in [0.05, 0.1) is 19.3 Å². The molecule has 6 heteroatoms. The molecule has 0 unspecified atom stereocenters. The molecule has 2 aromatic carbocycles. The van der Waals surface area contributed by atoms with Crippen LogP contribution >= 0.6 is 0 Å². The second-order valence-electron chi connectivity index (χ2n) is 7.78. The average molecular weight is 387 g/mol. The van der Waals surface area contributed by atoms with Crippen molar-refractivity contribution >= 4 is 0 Å². The first kappa shape index (κ1) is 19.2. The Balaban J connectivity index is 1.39. The lowest BCUT2D eigenvalue weighted by molar-refractivity contribution is -0.0588. The molecule has 2 aliphatic heterocycles. The minimum Gasteiger partial charge on any atom is -0.497 e. The van der Waals surface area contributed by atoms with Crippen LogP contribution in [0.2, 0.25) is 0 Å². The van der Waals surface area contributed by atoms with Crippen LogP contribution in [0, 0.1) is 5.82 Å². The molecule has 150 valence electrons. The Hall–Kier alpha value is -2.15. The maximum atomic E-state index is 13.1. The molecule has 1 saturated heterocycles. The number of aliphatic hydroxyl groups is 2. The zero-order chi connectivity index (χ0) is 19.7. The molecule has 1 fully saturated rings. The van der Waals surface area contributed by atoms with Gasteiger partial charge >= 0.3 is 0 Å². The first-order chi connectivity index (χ1) is 13.5. The van der Waals surface area contributed by atoms with Crippen molar-refractivity contribution in [1.82, 2.24) is 4.90 Å². The molecule has 4 rings (SSSR count). The summed E-state index contributed by atoms with van der Waals surface area (Å²) >= 11 is 0. The third-order valence-corrected chi connectivity index (χ3v) is 5.92. The van der Waals surface area contributed by atoms with Gasteiger partial charge in [-0.15, -0.1) is 0 Å². The van der Waals surface area contributed by atoms with Gasteiger partial charge in [-0.3, -0.25) is 0 Å². The van der Waals surface area contributed by atoms with Gasteiger partial charge < -0.3 is 24.6 Å². The van der Waals surface area contributed by atoms with Crippen LogP contribution < -0.4 is 9.47 Å². The van der Waals surface area contributed by atoms with Crippen LogP contribution in [0.15, 0.2) is 42.5 Å². The number of likely N-dealkylation sites (tertiary alicyclic amines) is 1. The molecule has 2 N–H and O–H groups in total. The monoisotopic (exact) mass is 387 g/mol. The highest BCUT2D eigenvalue weighted by Crippen LogP contribution is 2.45. The number of hydrogen-bond donors (Lipinski definition) is 2. The molecular formula is C22H26FNO4. The van der Waals surface area contributed by atoms with Gasteiger partial charge in [-0.1, -0.05) is 12.1 Å². The number of hydrogen-bond acceptors (Lipinski definition) is 5. The summed E-state index contributed by atoms with van der Waals surface area (Å²) in [4.78, 5) is 2.19. The summed E-state index contributed by atoms with van der Waals surface area (Å²) in [5, 5.41) is 21.1. The number of fused-ring (bicyclic) bond motifs is 1. The highest BCUT2D eigenvalue weighted by molar-refractivity contribution is 5.43. The quantitative estimate of drug-likeness (QED) is 0.844. The van der Waals surface area contributed by atoms with E-state index in [0.717, 1.165) is 37.2 Å². The van der Waals surface area contributed by atoms with Crippen LogP contribution in [-0.4, -0.2) is 47.5 Å². The summed E-state index contributed by atoms with van der Waals surface area (Å²) in [6.45, 7) is 2.05. The maximum Gasteiger partial charge on any atom is 0.126 e. The highest BCUT2D eigenvalue weighted by Gasteiger charge is 2.43. The van der Waals surface area contributed by atoms with Gasteiger partial charge in [0.1, 0.15) is 22.9 Å². The molecule has 28 heavy (non-hydrogen) atoms. The number of benzene rings is 2. The average Bonchev–Trinajstić information content (AvgIpc) is 2.70. The van der Waals surface area contributed by atoms with Crippen molar-refractivity contribution in [3.05, 3.63) is 59.4 Å². The van der Waals surface area contributed by atoms with Gasteiger partial charge in [-0.25, -0.2) is 4.39 Å². The van der Waals surface area contributed by atoms with Gasteiger partial charge in [-0.05, 0) is 48.7 Å². The Kier molecular flexibility index (Phi) is 5.27. The molecule has 0 aromatic heterocycles. The summed E-state index contributed by atoms with van der Waals surface area (Å²) in [6.07, 6.45) is 0.898. The van der Waals surface area contributed by atoms with Gasteiger partial charge in [0.2, 0.25) is 0 Å². The molecule has 2 atom stereocenters. The molecule has 0 saturated carbocycles. The van der Waals surface area contributed by atoms with Crippen LogP contribution in [0.1, 0.15) is 42.6 Å². The first-order valence-electron chi connectivity index (χ1n) is 9.69. The smallest absolute Gasteiger partial charge is 0.126 e. The number of aliphatic hydroxyl groups excluding tert-OH is 2. The van der Waals surface area contributed by atoms with E-state index in [-0.39, 0.29) is 11.4 Å².